The predicted molar refractivity (Wildman–Crippen MR) is 54.9 cm³/mol. The van der Waals surface area contributed by atoms with E-state index in [0.717, 1.165) is 25.4 Å². The summed E-state index contributed by atoms with van der Waals surface area (Å²) in [5, 5.41) is 3.33. The number of aromatic nitrogens is 1. The molecule has 0 radical (unpaired) electrons. The Morgan fingerprint density at radius 1 is 1.50 bits per heavy atom. The van der Waals surface area contributed by atoms with Gasteiger partial charge in [0.25, 0.3) is 0 Å². The average Bonchev–Trinajstić information content (AvgIpc) is 2.72. The molecule has 1 aliphatic rings. The molecule has 0 bridgehead atoms. The molecule has 1 fully saturated rings. The molecular formula is C11H16N2O. The highest BCUT2D eigenvalue weighted by Crippen LogP contribution is 2.08. The largest absolute Gasteiger partial charge is 0.375 e. The van der Waals surface area contributed by atoms with Gasteiger partial charge < -0.3 is 10.1 Å². The van der Waals surface area contributed by atoms with Crippen molar-refractivity contribution in [2.24, 2.45) is 5.92 Å². The standard InChI is InChI=1S/C11H16N2O/c1-2-5-13-11(3-1)9-14-8-10-4-6-12-7-10/h1-3,5,10,12H,4,6-9H2/t10-/m0/s1. The quantitative estimate of drug-likeness (QED) is 0.778. The zero-order valence-electron chi connectivity index (χ0n) is 8.28. The van der Waals surface area contributed by atoms with E-state index in [4.69, 9.17) is 4.74 Å². The Morgan fingerprint density at radius 3 is 3.21 bits per heavy atom. The van der Waals surface area contributed by atoms with Gasteiger partial charge in [-0.15, -0.1) is 0 Å². The van der Waals surface area contributed by atoms with E-state index >= 15 is 0 Å². The summed E-state index contributed by atoms with van der Waals surface area (Å²) in [7, 11) is 0. The number of hydrogen-bond donors (Lipinski definition) is 1. The van der Waals surface area contributed by atoms with Crippen LogP contribution in [0.5, 0.6) is 0 Å². The smallest absolute Gasteiger partial charge is 0.0887 e. The van der Waals surface area contributed by atoms with Crippen molar-refractivity contribution in [3.8, 4) is 0 Å². The van der Waals surface area contributed by atoms with Gasteiger partial charge in [0.15, 0.2) is 0 Å². The van der Waals surface area contributed by atoms with E-state index in [-0.39, 0.29) is 0 Å². The first kappa shape index (κ1) is 9.62. The fourth-order valence-corrected chi connectivity index (χ4v) is 1.67. The first-order valence-corrected chi connectivity index (χ1v) is 5.13. The molecule has 2 heterocycles. The van der Waals surface area contributed by atoms with Crippen LogP contribution in [-0.4, -0.2) is 24.7 Å². The van der Waals surface area contributed by atoms with E-state index < -0.39 is 0 Å². The third-order valence-corrected chi connectivity index (χ3v) is 2.49. The van der Waals surface area contributed by atoms with E-state index in [9.17, 15) is 0 Å². The molecule has 2 rings (SSSR count). The Hall–Kier alpha value is -0.930. The van der Waals surface area contributed by atoms with Crippen LogP contribution < -0.4 is 5.32 Å². The van der Waals surface area contributed by atoms with Crippen LogP contribution in [0, 0.1) is 5.92 Å². The summed E-state index contributed by atoms with van der Waals surface area (Å²) in [6, 6.07) is 5.90. The third-order valence-electron chi connectivity index (χ3n) is 2.49. The van der Waals surface area contributed by atoms with Crippen molar-refractivity contribution in [1.29, 1.82) is 0 Å². The van der Waals surface area contributed by atoms with E-state index in [2.05, 4.69) is 10.3 Å². The van der Waals surface area contributed by atoms with Crippen molar-refractivity contribution in [3.05, 3.63) is 30.1 Å². The van der Waals surface area contributed by atoms with Crippen LogP contribution >= 0.6 is 0 Å². The van der Waals surface area contributed by atoms with Gasteiger partial charge in [-0.3, -0.25) is 4.98 Å². The van der Waals surface area contributed by atoms with Crippen LogP contribution in [0.1, 0.15) is 12.1 Å². The SMILES string of the molecule is c1ccc(COC[C@H]2CCNC2)nc1. The van der Waals surface area contributed by atoms with Crippen molar-refractivity contribution in [2.75, 3.05) is 19.7 Å². The van der Waals surface area contributed by atoms with Gasteiger partial charge in [-0.1, -0.05) is 6.07 Å². The molecule has 3 nitrogen and oxygen atoms in total. The number of rotatable bonds is 4. The van der Waals surface area contributed by atoms with Crippen molar-refractivity contribution in [2.45, 2.75) is 13.0 Å². The molecule has 1 aliphatic heterocycles. The van der Waals surface area contributed by atoms with Crippen LogP contribution in [0.15, 0.2) is 24.4 Å². The molecule has 3 heteroatoms. The lowest BCUT2D eigenvalue weighted by molar-refractivity contribution is 0.0903. The van der Waals surface area contributed by atoms with E-state index in [1.54, 1.807) is 6.20 Å². The zero-order valence-corrected chi connectivity index (χ0v) is 8.28. The molecule has 0 amide bonds. The monoisotopic (exact) mass is 192 g/mol. The molecule has 1 aromatic heterocycles. The second-order valence-electron chi connectivity index (χ2n) is 3.70. The zero-order chi connectivity index (χ0) is 9.64. The minimum Gasteiger partial charge on any atom is -0.375 e. The second-order valence-corrected chi connectivity index (χ2v) is 3.70. The van der Waals surface area contributed by atoms with Gasteiger partial charge in [0.05, 0.1) is 18.9 Å². The van der Waals surface area contributed by atoms with Gasteiger partial charge in [-0.25, -0.2) is 0 Å². The summed E-state index contributed by atoms with van der Waals surface area (Å²) in [5.41, 5.74) is 1.01. The molecule has 0 spiro atoms. The molecule has 14 heavy (non-hydrogen) atoms. The normalized spacial score (nSPS) is 21.3. The summed E-state index contributed by atoms with van der Waals surface area (Å²) in [6.45, 7) is 3.72. The minimum atomic E-state index is 0.636. The summed E-state index contributed by atoms with van der Waals surface area (Å²) >= 11 is 0. The summed E-state index contributed by atoms with van der Waals surface area (Å²) < 4.78 is 5.60. The van der Waals surface area contributed by atoms with Crippen molar-refractivity contribution in [1.82, 2.24) is 10.3 Å². The Kier molecular flexibility index (Phi) is 3.49. The molecule has 1 N–H and O–H groups in total. The maximum Gasteiger partial charge on any atom is 0.0887 e. The van der Waals surface area contributed by atoms with E-state index in [1.807, 2.05) is 18.2 Å². The first-order valence-electron chi connectivity index (χ1n) is 5.13. The maximum atomic E-state index is 5.60. The van der Waals surface area contributed by atoms with Crippen LogP contribution in [0.2, 0.25) is 0 Å². The molecule has 1 atom stereocenters. The lowest BCUT2D eigenvalue weighted by Gasteiger charge is -2.08. The van der Waals surface area contributed by atoms with Crippen LogP contribution in [0.4, 0.5) is 0 Å². The highest BCUT2D eigenvalue weighted by molar-refractivity contribution is 5.01. The van der Waals surface area contributed by atoms with E-state index in [0.29, 0.717) is 12.5 Å². The topological polar surface area (TPSA) is 34.1 Å². The van der Waals surface area contributed by atoms with Gasteiger partial charge in [0.1, 0.15) is 0 Å². The first-order chi connectivity index (χ1) is 6.95. The summed E-state index contributed by atoms with van der Waals surface area (Å²) in [6.07, 6.45) is 3.04. The lowest BCUT2D eigenvalue weighted by Crippen LogP contribution is -2.13. The van der Waals surface area contributed by atoms with Crippen LogP contribution in [-0.2, 0) is 11.3 Å². The second kappa shape index (κ2) is 5.08. The molecule has 76 valence electrons. The highest BCUT2D eigenvalue weighted by Gasteiger charge is 2.13. The fourth-order valence-electron chi connectivity index (χ4n) is 1.67. The molecule has 0 aromatic carbocycles. The molecule has 1 aromatic rings. The summed E-state index contributed by atoms with van der Waals surface area (Å²) in [4.78, 5) is 4.20. The molecule has 1 saturated heterocycles. The van der Waals surface area contributed by atoms with Gasteiger partial charge >= 0.3 is 0 Å². The highest BCUT2D eigenvalue weighted by atomic mass is 16.5. The molecule has 0 aliphatic carbocycles. The Morgan fingerprint density at radius 2 is 2.50 bits per heavy atom. The number of ether oxygens (including phenoxy) is 1. The average molecular weight is 192 g/mol. The molecule has 0 unspecified atom stereocenters. The lowest BCUT2D eigenvalue weighted by atomic mass is 10.1. The molecular weight excluding hydrogens is 176 g/mol. The molecule has 0 saturated carbocycles. The Bertz CT molecular complexity index is 257. The number of hydrogen-bond acceptors (Lipinski definition) is 3. The van der Waals surface area contributed by atoms with Gasteiger partial charge in [-0.2, -0.15) is 0 Å². The fraction of sp³-hybridized carbons (Fsp3) is 0.545. The van der Waals surface area contributed by atoms with Crippen molar-refractivity contribution in [3.63, 3.8) is 0 Å². The minimum absolute atomic E-state index is 0.636. The van der Waals surface area contributed by atoms with Gasteiger partial charge in [-0.05, 0) is 31.0 Å². The third kappa shape index (κ3) is 2.79. The van der Waals surface area contributed by atoms with Crippen molar-refractivity contribution >= 4 is 0 Å². The van der Waals surface area contributed by atoms with Crippen LogP contribution in [0.3, 0.4) is 0 Å². The predicted octanol–water partition coefficient (Wildman–Crippen LogP) is 1.21. The Labute approximate surface area is 84.5 Å². The summed E-state index contributed by atoms with van der Waals surface area (Å²) in [5.74, 6) is 0.693. The number of nitrogens with zero attached hydrogens (tertiary/aromatic N) is 1. The van der Waals surface area contributed by atoms with Gasteiger partial charge in [0.2, 0.25) is 0 Å². The van der Waals surface area contributed by atoms with Gasteiger partial charge in [0, 0.05) is 12.7 Å². The van der Waals surface area contributed by atoms with Crippen LogP contribution in [0.25, 0.3) is 0 Å². The van der Waals surface area contributed by atoms with Crippen molar-refractivity contribution < 1.29 is 4.74 Å². The maximum absolute atomic E-state index is 5.60. The number of pyridine rings is 1. The number of nitrogens with one attached hydrogen (secondary N) is 1. The van der Waals surface area contributed by atoms with E-state index in [1.165, 1.54) is 6.42 Å². The Balaban J connectivity index is 1.67.